The third-order valence-electron chi connectivity index (χ3n) is 5.37. The zero-order chi connectivity index (χ0) is 22.0. The van der Waals surface area contributed by atoms with Crippen LogP contribution >= 0.6 is 0 Å². The average molecular weight is 421 g/mol. The Morgan fingerprint density at radius 2 is 1.58 bits per heavy atom. The third kappa shape index (κ3) is 3.81. The fourth-order valence-corrected chi connectivity index (χ4v) is 3.64. The first kappa shape index (κ1) is 20.4. The summed E-state index contributed by atoms with van der Waals surface area (Å²) in [6.45, 7) is 2.02. The zero-order valence-electron chi connectivity index (χ0n) is 17.4. The fraction of sp³-hybridized carbons (Fsp3) is 0.273. The van der Waals surface area contributed by atoms with Crippen LogP contribution in [0, 0.1) is 0 Å². The molecule has 31 heavy (non-hydrogen) atoms. The number of ether oxygens (including phenoxy) is 1. The van der Waals surface area contributed by atoms with E-state index >= 15 is 0 Å². The van der Waals surface area contributed by atoms with Gasteiger partial charge in [0.05, 0.1) is 18.5 Å². The van der Waals surface area contributed by atoms with E-state index < -0.39 is 17.2 Å². The summed E-state index contributed by atoms with van der Waals surface area (Å²) in [5, 5.41) is 4.13. The van der Waals surface area contributed by atoms with Crippen LogP contribution in [0.3, 0.4) is 0 Å². The number of piperazine rings is 1. The monoisotopic (exact) mass is 421 g/mol. The van der Waals surface area contributed by atoms with Gasteiger partial charge in [0.15, 0.2) is 0 Å². The molecule has 1 aliphatic rings. The summed E-state index contributed by atoms with van der Waals surface area (Å²) < 4.78 is 7.43. The van der Waals surface area contributed by atoms with Crippen molar-refractivity contribution in [3.8, 4) is 11.4 Å². The Morgan fingerprint density at radius 1 is 0.935 bits per heavy atom. The van der Waals surface area contributed by atoms with Crippen LogP contribution in [0.2, 0.25) is 0 Å². The Bertz CT molecular complexity index is 1210. The van der Waals surface area contributed by atoms with Gasteiger partial charge in [0.1, 0.15) is 5.75 Å². The highest BCUT2D eigenvalue weighted by molar-refractivity contribution is 5.92. The second-order valence-corrected chi connectivity index (χ2v) is 7.19. The molecule has 0 unspecified atom stereocenters. The van der Waals surface area contributed by atoms with Crippen molar-refractivity contribution >= 4 is 11.6 Å². The molecule has 9 heteroatoms. The predicted molar refractivity (Wildman–Crippen MR) is 116 cm³/mol. The normalized spacial score (nSPS) is 13.9. The Balaban J connectivity index is 1.59. The van der Waals surface area contributed by atoms with Crippen molar-refractivity contribution in [3.05, 3.63) is 81.1 Å². The number of nitrogens with zero attached hydrogens (tertiary/aromatic N) is 5. The minimum absolute atomic E-state index is 0.267. The van der Waals surface area contributed by atoms with E-state index in [4.69, 9.17) is 4.74 Å². The molecule has 1 fully saturated rings. The van der Waals surface area contributed by atoms with E-state index in [9.17, 15) is 14.4 Å². The second kappa shape index (κ2) is 8.47. The largest absolute Gasteiger partial charge is 0.495 e. The molecule has 0 atom stereocenters. The summed E-state index contributed by atoms with van der Waals surface area (Å²) in [5.74, 6) is 0.290. The van der Waals surface area contributed by atoms with Crippen LogP contribution in [-0.2, 0) is 7.05 Å². The molecule has 1 aliphatic heterocycles. The average Bonchev–Trinajstić information content (AvgIpc) is 2.83. The van der Waals surface area contributed by atoms with Gasteiger partial charge in [0.25, 0.3) is 11.5 Å². The molecule has 0 saturated carbocycles. The lowest BCUT2D eigenvalue weighted by atomic mass is 10.2. The predicted octanol–water partition coefficient (Wildman–Crippen LogP) is 0.902. The molecule has 2 aromatic carbocycles. The number of carbonyl (C=O) groups excluding carboxylic acids is 1. The molecular weight excluding hydrogens is 398 g/mol. The highest BCUT2D eigenvalue weighted by Crippen LogP contribution is 2.28. The number of hydrogen-bond donors (Lipinski definition) is 0. The van der Waals surface area contributed by atoms with Crippen molar-refractivity contribution < 1.29 is 9.53 Å². The van der Waals surface area contributed by atoms with Gasteiger partial charge in [-0.2, -0.15) is 9.78 Å². The van der Waals surface area contributed by atoms with Gasteiger partial charge in [0, 0.05) is 33.2 Å². The molecule has 4 rings (SSSR count). The second-order valence-electron chi connectivity index (χ2n) is 7.19. The standard InChI is InChI=1S/C22H23N5O4/c1-24-20(28)19(23-27(22(24)30)16-8-4-3-5-9-16)21(29)26-14-12-25(13-15-26)17-10-6-7-11-18(17)31-2/h3-11H,12-15H2,1-2H3. The van der Waals surface area contributed by atoms with Crippen molar-refractivity contribution in [2.45, 2.75) is 0 Å². The van der Waals surface area contributed by atoms with Gasteiger partial charge in [-0.15, -0.1) is 0 Å². The van der Waals surface area contributed by atoms with E-state index in [1.807, 2.05) is 30.3 Å². The van der Waals surface area contributed by atoms with E-state index in [-0.39, 0.29) is 5.69 Å². The molecule has 0 N–H and O–H groups in total. The van der Waals surface area contributed by atoms with Gasteiger partial charge < -0.3 is 14.5 Å². The molecule has 1 aromatic heterocycles. The van der Waals surface area contributed by atoms with Gasteiger partial charge >= 0.3 is 5.69 Å². The van der Waals surface area contributed by atoms with Crippen LogP contribution in [0.4, 0.5) is 5.69 Å². The number of hydrogen-bond acceptors (Lipinski definition) is 6. The maximum atomic E-state index is 13.1. The van der Waals surface area contributed by atoms with E-state index in [1.165, 1.54) is 7.05 Å². The Hall–Kier alpha value is -3.88. The highest BCUT2D eigenvalue weighted by Gasteiger charge is 2.28. The number of rotatable bonds is 4. The number of methoxy groups -OCH3 is 1. The topological polar surface area (TPSA) is 89.7 Å². The summed E-state index contributed by atoms with van der Waals surface area (Å²) >= 11 is 0. The smallest absolute Gasteiger partial charge is 0.351 e. The van der Waals surface area contributed by atoms with E-state index in [0.717, 1.165) is 20.7 Å². The van der Waals surface area contributed by atoms with Gasteiger partial charge in [0.2, 0.25) is 5.69 Å². The first-order valence-electron chi connectivity index (χ1n) is 9.94. The maximum absolute atomic E-state index is 13.1. The number of carbonyl (C=O) groups is 1. The van der Waals surface area contributed by atoms with Crippen molar-refractivity contribution in [2.24, 2.45) is 7.05 Å². The number of para-hydroxylation sites is 3. The molecule has 0 bridgehead atoms. The number of benzene rings is 2. The first-order chi connectivity index (χ1) is 15.0. The molecule has 1 amide bonds. The minimum Gasteiger partial charge on any atom is -0.495 e. The van der Waals surface area contributed by atoms with Crippen LogP contribution in [0.25, 0.3) is 5.69 Å². The summed E-state index contributed by atoms with van der Waals surface area (Å²) in [6, 6.07) is 16.4. The van der Waals surface area contributed by atoms with Crippen LogP contribution in [0.15, 0.2) is 64.2 Å². The first-order valence-corrected chi connectivity index (χ1v) is 9.94. The Labute approximate surface area is 178 Å². The molecule has 2 heterocycles. The summed E-state index contributed by atoms with van der Waals surface area (Å²) in [5.41, 5.74) is -0.123. The van der Waals surface area contributed by atoms with E-state index in [0.29, 0.717) is 31.9 Å². The molecule has 0 spiro atoms. The van der Waals surface area contributed by atoms with Crippen molar-refractivity contribution in [2.75, 3.05) is 38.2 Å². The van der Waals surface area contributed by atoms with Crippen molar-refractivity contribution in [1.82, 2.24) is 19.2 Å². The van der Waals surface area contributed by atoms with Gasteiger partial charge in [-0.3, -0.25) is 14.2 Å². The van der Waals surface area contributed by atoms with Crippen LogP contribution in [0.5, 0.6) is 5.75 Å². The molecule has 1 saturated heterocycles. The fourth-order valence-electron chi connectivity index (χ4n) is 3.64. The van der Waals surface area contributed by atoms with Crippen LogP contribution in [0.1, 0.15) is 10.5 Å². The molecule has 3 aromatic rings. The molecule has 0 radical (unpaired) electrons. The highest BCUT2D eigenvalue weighted by atomic mass is 16.5. The molecular formula is C22H23N5O4. The zero-order valence-corrected chi connectivity index (χ0v) is 17.4. The van der Waals surface area contributed by atoms with Crippen LogP contribution in [-0.4, -0.2) is 58.4 Å². The SMILES string of the molecule is COc1ccccc1N1CCN(C(=O)c2nn(-c3ccccc3)c(=O)n(C)c2=O)CC1. The molecule has 9 nitrogen and oxygen atoms in total. The number of anilines is 1. The van der Waals surface area contributed by atoms with Gasteiger partial charge in [-0.1, -0.05) is 30.3 Å². The summed E-state index contributed by atoms with van der Waals surface area (Å²) in [4.78, 5) is 42.0. The van der Waals surface area contributed by atoms with E-state index in [2.05, 4.69) is 10.00 Å². The molecule has 0 aliphatic carbocycles. The third-order valence-corrected chi connectivity index (χ3v) is 5.37. The Morgan fingerprint density at radius 3 is 2.26 bits per heavy atom. The van der Waals surface area contributed by atoms with E-state index in [1.54, 1.807) is 36.3 Å². The lowest BCUT2D eigenvalue weighted by Gasteiger charge is -2.36. The lowest BCUT2D eigenvalue weighted by molar-refractivity contribution is 0.0735. The molecule has 160 valence electrons. The van der Waals surface area contributed by atoms with Crippen molar-refractivity contribution in [3.63, 3.8) is 0 Å². The summed E-state index contributed by atoms with van der Waals surface area (Å²) in [7, 11) is 2.98. The Kier molecular flexibility index (Phi) is 5.57. The lowest BCUT2D eigenvalue weighted by Crippen LogP contribution is -2.51. The number of amides is 1. The van der Waals surface area contributed by atoms with Gasteiger partial charge in [-0.05, 0) is 24.3 Å². The van der Waals surface area contributed by atoms with Crippen LogP contribution < -0.4 is 20.9 Å². The van der Waals surface area contributed by atoms with Gasteiger partial charge in [-0.25, -0.2) is 4.79 Å². The quantitative estimate of drug-likeness (QED) is 0.622. The number of aromatic nitrogens is 3. The summed E-state index contributed by atoms with van der Waals surface area (Å²) in [6.07, 6.45) is 0. The van der Waals surface area contributed by atoms with Crippen molar-refractivity contribution in [1.29, 1.82) is 0 Å². The minimum atomic E-state index is -0.700. The maximum Gasteiger partial charge on any atom is 0.351 e.